The first kappa shape index (κ1) is 11.6. The summed E-state index contributed by atoms with van der Waals surface area (Å²) in [5, 5.41) is 20.3. The number of phenols is 1. The van der Waals surface area contributed by atoms with Crippen molar-refractivity contribution in [3.05, 3.63) is 42.0 Å². The number of hydrogen-bond donors (Lipinski definition) is 2. The van der Waals surface area contributed by atoms with E-state index < -0.39 is 0 Å². The lowest BCUT2D eigenvalue weighted by molar-refractivity contribution is 0.475. The predicted molar refractivity (Wildman–Crippen MR) is 64.5 cm³/mol. The van der Waals surface area contributed by atoms with Crippen molar-refractivity contribution in [1.82, 2.24) is 20.1 Å². The maximum absolute atomic E-state index is 9.15. The largest absolute Gasteiger partial charge is 0.508 e. The highest BCUT2D eigenvalue weighted by Gasteiger charge is 1.99. The van der Waals surface area contributed by atoms with E-state index in [-0.39, 0.29) is 0 Å². The lowest BCUT2D eigenvalue weighted by Gasteiger charge is -2.04. The van der Waals surface area contributed by atoms with Crippen LogP contribution in [0, 0.1) is 0 Å². The molecule has 5 heteroatoms. The minimum absolute atomic E-state index is 0.299. The summed E-state index contributed by atoms with van der Waals surface area (Å²) in [4.78, 5) is 0. The van der Waals surface area contributed by atoms with E-state index in [0.717, 1.165) is 30.9 Å². The van der Waals surface area contributed by atoms with Gasteiger partial charge in [-0.15, -0.1) is 10.2 Å². The van der Waals surface area contributed by atoms with Gasteiger partial charge in [-0.3, -0.25) is 0 Å². The minimum atomic E-state index is 0.299. The third kappa shape index (κ3) is 3.29. The van der Waals surface area contributed by atoms with E-state index >= 15 is 0 Å². The average Bonchev–Trinajstić information content (AvgIpc) is 2.73. The number of nitrogens with one attached hydrogen (secondary N) is 1. The van der Waals surface area contributed by atoms with Crippen LogP contribution in [0.5, 0.6) is 5.75 Å². The van der Waals surface area contributed by atoms with Crippen LogP contribution in [0.25, 0.3) is 0 Å². The van der Waals surface area contributed by atoms with Crippen LogP contribution in [0.1, 0.15) is 11.4 Å². The Morgan fingerprint density at radius 3 is 2.71 bits per heavy atom. The second kappa shape index (κ2) is 5.45. The summed E-state index contributed by atoms with van der Waals surface area (Å²) >= 11 is 0. The molecule has 2 aromatic rings. The van der Waals surface area contributed by atoms with Crippen LogP contribution < -0.4 is 5.32 Å². The smallest absolute Gasteiger partial charge is 0.133 e. The summed E-state index contributed by atoms with van der Waals surface area (Å²) in [5.41, 5.74) is 1.15. The number of hydrogen-bond acceptors (Lipinski definition) is 4. The lowest BCUT2D eigenvalue weighted by Crippen LogP contribution is -2.18. The molecule has 0 spiro atoms. The summed E-state index contributed by atoms with van der Waals surface area (Å²) in [6.45, 7) is 1.64. The number of aromatic nitrogens is 3. The van der Waals surface area contributed by atoms with Crippen molar-refractivity contribution in [2.24, 2.45) is 7.05 Å². The van der Waals surface area contributed by atoms with Crippen LogP contribution in [-0.2, 0) is 20.0 Å². The van der Waals surface area contributed by atoms with Gasteiger partial charge < -0.3 is 15.0 Å². The first-order valence-corrected chi connectivity index (χ1v) is 5.57. The topological polar surface area (TPSA) is 63.0 Å². The van der Waals surface area contributed by atoms with Gasteiger partial charge in [0.15, 0.2) is 0 Å². The third-order valence-electron chi connectivity index (χ3n) is 2.60. The second-order valence-electron chi connectivity index (χ2n) is 3.95. The standard InChI is InChI=1S/C12H16N4O/c1-16-9-14-15-12(16)6-7-13-8-10-2-4-11(17)5-3-10/h2-5,9,13,17H,6-8H2,1H3. The first-order chi connectivity index (χ1) is 8.25. The summed E-state index contributed by atoms with van der Waals surface area (Å²) in [6, 6.07) is 7.20. The average molecular weight is 232 g/mol. The van der Waals surface area contributed by atoms with Crippen molar-refractivity contribution in [2.45, 2.75) is 13.0 Å². The van der Waals surface area contributed by atoms with Gasteiger partial charge in [0, 0.05) is 26.6 Å². The molecule has 1 aromatic carbocycles. The van der Waals surface area contributed by atoms with Crippen molar-refractivity contribution in [1.29, 1.82) is 0 Å². The van der Waals surface area contributed by atoms with Gasteiger partial charge >= 0.3 is 0 Å². The number of aryl methyl sites for hydroxylation is 1. The molecule has 1 heterocycles. The maximum atomic E-state index is 9.15. The molecular formula is C12H16N4O. The Bertz CT molecular complexity index is 464. The van der Waals surface area contributed by atoms with E-state index in [9.17, 15) is 0 Å². The molecule has 0 atom stereocenters. The predicted octanol–water partition coefficient (Wildman–Crippen LogP) is 0.853. The van der Waals surface area contributed by atoms with Gasteiger partial charge in [-0.05, 0) is 17.7 Å². The SMILES string of the molecule is Cn1cnnc1CCNCc1ccc(O)cc1. The fourth-order valence-corrected chi connectivity index (χ4v) is 1.58. The Labute approximate surface area is 100 Å². The molecule has 0 aliphatic rings. The molecule has 0 amide bonds. The number of nitrogens with zero attached hydrogens (tertiary/aromatic N) is 3. The molecule has 0 unspecified atom stereocenters. The molecular weight excluding hydrogens is 216 g/mol. The van der Waals surface area contributed by atoms with Crippen molar-refractivity contribution in [3.8, 4) is 5.75 Å². The zero-order valence-corrected chi connectivity index (χ0v) is 9.80. The molecule has 0 saturated carbocycles. The summed E-state index contributed by atoms with van der Waals surface area (Å²) in [7, 11) is 1.94. The van der Waals surface area contributed by atoms with Crippen LogP contribution in [-0.4, -0.2) is 26.4 Å². The van der Waals surface area contributed by atoms with Gasteiger partial charge in [-0.25, -0.2) is 0 Å². The number of phenolic OH excluding ortho intramolecular Hbond substituents is 1. The Morgan fingerprint density at radius 1 is 1.29 bits per heavy atom. The maximum Gasteiger partial charge on any atom is 0.133 e. The molecule has 0 radical (unpaired) electrons. The Kier molecular flexibility index (Phi) is 3.72. The van der Waals surface area contributed by atoms with Crippen molar-refractivity contribution < 1.29 is 5.11 Å². The van der Waals surface area contributed by atoms with Crippen molar-refractivity contribution >= 4 is 0 Å². The zero-order chi connectivity index (χ0) is 12.1. The molecule has 2 rings (SSSR count). The third-order valence-corrected chi connectivity index (χ3v) is 2.60. The van der Waals surface area contributed by atoms with Crippen LogP contribution in [0.3, 0.4) is 0 Å². The van der Waals surface area contributed by atoms with E-state index in [1.807, 2.05) is 23.7 Å². The molecule has 0 fully saturated rings. The van der Waals surface area contributed by atoms with E-state index in [4.69, 9.17) is 5.11 Å². The molecule has 5 nitrogen and oxygen atoms in total. The molecule has 90 valence electrons. The molecule has 0 aliphatic heterocycles. The van der Waals surface area contributed by atoms with Crippen LogP contribution in [0.4, 0.5) is 0 Å². The van der Waals surface area contributed by atoms with Gasteiger partial charge in [0.25, 0.3) is 0 Å². The molecule has 2 N–H and O–H groups in total. The highest BCUT2D eigenvalue weighted by molar-refractivity contribution is 5.25. The van der Waals surface area contributed by atoms with Crippen molar-refractivity contribution in [3.63, 3.8) is 0 Å². The molecule has 0 bridgehead atoms. The Morgan fingerprint density at radius 2 is 2.06 bits per heavy atom. The van der Waals surface area contributed by atoms with Crippen molar-refractivity contribution in [2.75, 3.05) is 6.54 Å². The molecule has 0 aliphatic carbocycles. The second-order valence-corrected chi connectivity index (χ2v) is 3.95. The number of rotatable bonds is 5. The number of aromatic hydroxyl groups is 1. The van der Waals surface area contributed by atoms with Crippen LogP contribution in [0.15, 0.2) is 30.6 Å². The van der Waals surface area contributed by atoms with E-state index in [0.29, 0.717) is 5.75 Å². The van der Waals surface area contributed by atoms with Gasteiger partial charge in [0.1, 0.15) is 17.9 Å². The van der Waals surface area contributed by atoms with E-state index in [2.05, 4.69) is 15.5 Å². The van der Waals surface area contributed by atoms with Crippen LogP contribution >= 0.6 is 0 Å². The molecule has 17 heavy (non-hydrogen) atoms. The monoisotopic (exact) mass is 232 g/mol. The quantitative estimate of drug-likeness (QED) is 0.750. The summed E-state index contributed by atoms with van der Waals surface area (Å²) < 4.78 is 1.92. The van der Waals surface area contributed by atoms with Gasteiger partial charge in [0.2, 0.25) is 0 Å². The normalized spacial score (nSPS) is 10.6. The fraction of sp³-hybridized carbons (Fsp3) is 0.333. The Balaban J connectivity index is 1.73. The van der Waals surface area contributed by atoms with Gasteiger partial charge in [-0.1, -0.05) is 12.1 Å². The van der Waals surface area contributed by atoms with Crippen LogP contribution in [0.2, 0.25) is 0 Å². The van der Waals surface area contributed by atoms with Gasteiger partial charge in [-0.2, -0.15) is 0 Å². The highest BCUT2D eigenvalue weighted by atomic mass is 16.3. The number of benzene rings is 1. The van der Waals surface area contributed by atoms with E-state index in [1.54, 1.807) is 18.5 Å². The molecule has 1 aromatic heterocycles. The minimum Gasteiger partial charge on any atom is -0.508 e. The Hall–Kier alpha value is -1.88. The summed E-state index contributed by atoms with van der Waals surface area (Å²) in [6.07, 6.45) is 2.56. The summed E-state index contributed by atoms with van der Waals surface area (Å²) in [5.74, 6) is 1.27. The highest BCUT2D eigenvalue weighted by Crippen LogP contribution is 2.09. The zero-order valence-electron chi connectivity index (χ0n) is 9.80. The van der Waals surface area contributed by atoms with E-state index in [1.165, 1.54) is 0 Å². The first-order valence-electron chi connectivity index (χ1n) is 5.57. The molecule has 0 saturated heterocycles. The lowest BCUT2D eigenvalue weighted by atomic mass is 10.2. The fourth-order valence-electron chi connectivity index (χ4n) is 1.58. The van der Waals surface area contributed by atoms with Gasteiger partial charge in [0.05, 0.1) is 0 Å².